The predicted molar refractivity (Wildman–Crippen MR) is 111 cm³/mol. The van der Waals surface area contributed by atoms with Crippen molar-refractivity contribution in [3.63, 3.8) is 0 Å². The Morgan fingerprint density at radius 2 is 2.19 bits per heavy atom. The Balaban J connectivity index is 1.73. The van der Waals surface area contributed by atoms with Crippen LogP contribution in [0, 0.1) is 5.41 Å². The number of hydrogen-bond acceptors (Lipinski definition) is 7. The molecule has 0 spiro atoms. The van der Waals surface area contributed by atoms with Gasteiger partial charge in [-0.1, -0.05) is 52.8 Å². The lowest BCUT2D eigenvalue weighted by atomic mass is 10.2. The summed E-state index contributed by atoms with van der Waals surface area (Å²) in [7, 11) is 0. The van der Waals surface area contributed by atoms with Crippen molar-refractivity contribution < 1.29 is 9.53 Å². The van der Waals surface area contributed by atoms with E-state index in [-0.39, 0.29) is 17.8 Å². The van der Waals surface area contributed by atoms with Crippen molar-refractivity contribution in [2.45, 2.75) is 12.6 Å². The van der Waals surface area contributed by atoms with Crippen molar-refractivity contribution in [1.29, 1.82) is 5.41 Å². The van der Waals surface area contributed by atoms with Crippen molar-refractivity contribution in [1.82, 2.24) is 10.2 Å². The molecule has 1 aliphatic heterocycles. The van der Waals surface area contributed by atoms with Gasteiger partial charge in [-0.05, 0) is 17.7 Å². The van der Waals surface area contributed by atoms with Crippen LogP contribution >= 0.6 is 46.7 Å². The fourth-order valence-electron chi connectivity index (χ4n) is 2.47. The normalized spacial score (nSPS) is 17.9. The van der Waals surface area contributed by atoms with E-state index in [1.165, 1.54) is 23.5 Å². The number of carbonyl (C=O) groups is 1. The summed E-state index contributed by atoms with van der Waals surface area (Å²) < 4.78 is 6.08. The summed E-state index contributed by atoms with van der Waals surface area (Å²) in [4.78, 5) is 14.1. The van der Waals surface area contributed by atoms with Gasteiger partial charge in [-0.25, -0.2) is 0 Å². The van der Waals surface area contributed by atoms with Crippen LogP contribution in [0.3, 0.4) is 0 Å². The van der Waals surface area contributed by atoms with Crippen molar-refractivity contribution in [3.05, 3.63) is 33.8 Å². The second-order valence-electron chi connectivity index (χ2n) is 5.67. The molecule has 1 aliphatic rings. The molecule has 0 saturated carbocycles. The Morgan fingerprint density at radius 1 is 1.38 bits per heavy atom. The van der Waals surface area contributed by atoms with Gasteiger partial charge < -0.3 is 15.8 Å². The maximum Gasteiger partial charge on any atom is 0.230 e. The van der Waals surface area contributed by atoms with E-state index in [2.05, 4.69) is 10.2 Å². The highest BCUT2D eigenvalue weighted by molar-refractivity contribution is 8.38. The molecule has 144 valence electrons. The molecule has 1 atom stereocenters. The molecule has 26 heavy (non-hydrogen) atoms. The summed E-state index contributed by atoms with van der Waals surface area (Å²) in [5.74, 6) is 0.450. The zero-order valence-corrected chi connectivity index (χ0v) is 17.3. The number of carbonyl (C=O) groups excluding carboxylic acids is 1. The lowest BCUT2D eigenvalue weighted by Crippen LogP contribution is -2.47. The van der Waals surface area contributed by atoms with Crippen LogP contribution in [-0.2, 0) is 16.1 Å². The zero-order chi connectivity index (χ0) is 18.9. The van der Waals surface area contributed by atoms with Gasteiger partial charge in [0.15, 0.2) is 0 Å². The first-order chi connectivity index (χ1) is 12.5. The molecular weight excluding hydrogens is 415 g/mol. The number of ether oxygens (including phenoxy) is 1. The van der Waals surface area contributed by atoms with E-state index in [1.807, 2.05) is 12.1 Å². The van der Waals surface area contributed by atoms with Crippen LogP contribution in [0.2, 0.25) is 10.0 Å². The van der Waals surface area contributed by atoms with Crippen LogP contribution in [0.25, 0.3) is 0 Å². The molecule has 0 aliphatic carbocycles. The van der Waals surface area contributed by atoms with E-state index < -0.39 is 0 Å². The monoisotopic (exact) mass is 436 g/mol. The minimum absolute atomic E-state index is 0.0571. The van der Waals surface area contributed by atoms with Crippen LogP contribution in [0.5, 0.6) is 0 Å². The number of benzene rings is 1. The summed E-state index contributed by atoms with van der Waals surface area (Å²) in [5.41, 5.74) is 6.44. The Bertz CT molecular complexity index is 636. The van der Waals surface area contributed by atoms with Crippen LogP contribution in [-0.4, -0.2) is 59.2 Å². The minimum atomic E-state index is -0.109. The molecule has 0 aromatic heterocycles. The van der Waals surface area contributed by atoms with E-state index >= 15 is 0 Å². The maximum absolute atomic E-state index is 11.9. The Hall–Kier alpha value is -0.480. The molecule has 0 radical (unpaired) electrons. The number of rotatable bonds is 7. The molecule has 1 fully saturated rings. The van der Waals surface area contributed by atoms with Crippen LogP contribution in [0.15, 0.2) is 18.2 Å². The SMILES string of the molecule is N=C(SCN)SCC(=O)NCC1CN(Cc2ccc(Cl)c(Cl)c2)CCO1. The van der Waals surface area contributed by atoms with Gasteiger partial charge in [0.1, 0.15) is 4.38 Å². The Kier molecular flexibility index (Phi) is 9.55. The van der Waals surface area contributed by atoms with Crippen LogP contribution < -0.4 is 11.1 Å². The molecule has 1 aromatic carbocycles. The number of halogens is 2. The molecule has 1 amide bonds. The highest BCUT2D eigenvalue weighted by Gasteiger charge is 2.21. The van der Waals surface area contributed by atoms with Gasteiger partial charge in [0.05, 0.1) is 28.5 Å². The molecule has 1 saturated heterocycles. The van der Waals surface area contributed by atoms with E-state index in [1.54, 1.807) is 6.07 Å². The van der Waals surface area contributed by atoms with E-state index in [4.69, 9.17) is 39.1 Å². The molecule has 10 heteroatoms. The average molecular weight is 437 g/mol. The quantitative estimate of drug-likeness (QED) is 0.345. The summed E-state index contributed by atoms with van der Waals surface area (Å²) in [6.07, 6.45) is -0.0571. The topological polar surface area (TPSA) is 91.4 Å². The highest BCUT2D eigenvalue weighted by atomic mass is 35.5. The first-order valence-corrected chi connectivity index (χ1v) is 10.8. The van der Waals surface area contributed by atoms with Gasteiger partial charge in [0.2, 0.25) is 5.91 Å². The zero-order valence-electron chi connectivity index (χ0n) is 14.2. The second kappa shape index (κ2) is 11.4. The summed E-state index contributed by atoms with van der Waals surface area (Å²) in [6, 6.07) is 5.64. The number of hydrogen-bond donors (Lipinski definition) is 3. The third-order valence-electron chi connectivity index (χ3n) is 3.69. The third-order valence-corrected chi connectivity index (χ3v) is 6.23. The number of morpholine rings is 1. The van der Waals surface area contributed by atoms with Crippen molar-refractivity contribution in [2.24, 2.45) is 5.73 Å². The van der Waals surface area contributed by atoms with E-state index in [0.717, 1.165) is 25.2 Å². The van der Waals surface area contributed by atoms with Crippen LogP contribution in [0.4, 0.5) is 0 Å². The van der Waals surface area contributed by atoms with Crippen molar-refractivity contribution in [2.75, 3.05) is 37.9 Å². The highest BCUT2D eigenvalue weighted by Crippen LogP contribution is 2.23. The molecule has 1 aromatic rings. The van der Waals surface area contributed by atoms with Gasteiger partial charge in [0, 0.05) is 32.1 Å². The summed E-state index contributed by atoms with van der Waals surface area (Å²) >= 11 is 14.4. The lowest BCUT2D eigenvalue weighted by Gasteiger charge is -2.33. The Labute approximate surface area is 172 Å². The largest absolute Gasteiger partial charge is 0.374 e. The fourth-order valence-corrected chi connectivity index (χ4v) is 4.02. The first-order valence-electron chi connectivity index (χ1n) is 8.06. The van der Waals surface area contributed by atoms with Gasteiger partial charge in [-0.2, -0.15) is 0 Å². The molecule has 2 rings (SSSR count). The number of nitrogens with one attached hydrogen (secondary N) is 2. The molecule has 6 nitrogen and oxygen atoms in total. The van der Waals surface area contributed by atoms with Gasteiger partial charge in [-0.3, -0.25) is 15.1 Å². The van der Waals surface area contributed by atoms with Gasteiger partial charge in [-0.15, -0.1) is 0 Å². The smallest absolute Gasteiger partial charge is 0.230 e. The molecular formula is C16H22Cl2N4O2S2. The fraction of sp³-hybridized carbons (Fsp3) is 0.500. The molecule has 4 N–H and O–H groups in total. The second-order valence-corrected chi connectivity index (χ2v) is 8.76. The third kappa shape index (κ3) is 7.64. The first kappa shape index (κ1) is 21.8. The standard InChI is InChI=1S/C16H22Cl2N4O2S2/c17-13-2-1-11(5-14(13)18)7-22-3-4-24-12(8-22)6-21-15(23)9-25-16(20)26-10-19/h1-2,5,12,20H,3-4,6-10,19H2,(H,21,23). The lowest BCUT2D eigenvalue weighted by molar-refractivity contribution is -0.119. The number of thioether (sulfide) groups is 2. The molecule has 1 unspecified atom stereocenters. The summed E-state index contributed by atoms with van der Waals surface area (Å²) in [5, 5.41) is 11.6. The van der Waals surface area contributed by atoms with Crippen molar-refractivity contribution >= 4 is 57.0 Å². The Morgan fingerprint density at radius 3 is 2.92 bits per heavy atom. The van der Waals surface area contributed by atoms with Gasteiger partial charge >= 0.3 is 0 Å². The number of nitrogens with two attached hydrogens (primary N) is 1. The maximum atomic E-state index is 11.9. The van der Waals surface area contributed by atoms with Gasteiger partial charge in [0.25, 0.3) is 0 Å². The van der Waals surface area contributed by atoms with E-state index in [9.17, 15) is 4.79 Å². The number of amides is 1. The molecule has 0 bridgehead atoms. The number of nitrogens with zero attached hydrogens (tertiary/aromatic N) is 1. The average Bonchev–Trinajstić information content (AvgIpc) is 2.62. The van der Waals surface area contributed by atoms with Crippen molar-refractivity contribution in [3.8, 4) is 0 Å². The summed E-state index contributed by atoms with van der Waals surface area (Å²) in [6.45, 7) is 3.39. The van der Waals surface area contributed by atoms with E-state index in [0.29, 0.717) is 33.4 Å². The predicted octanol–water partition coefficient (Wildman–Crippen LogP) is 2.63. The van der Waals surface area contributed by atoms with Crippen LogP contribution in [0.1, 0.15) is 5.56 Å². The molecule has 1 heterocycles. The minimum Gasteiger partial charge on any atom is -0.374 e.